The van der Waals surface area contributed by atoms with E-state index in [2.05, 4.69) is 0 Å². The van der Waals surface area contributed by atoms with Gasteiger partial charge in [0.2, 0.25) is 0 Å². The molecule has 1 nitrogen and oxygen atoms in total. The van der Waals surface area contributed by atoms with Gasteiger partial charge in [0.15, 0.2) is 12.0 Å². The Bertz CT molecular complexity index is 190. The van der Waals surface area contributed by atoms with Crippen LogP contribution in [0, 0.1) is 0 Å². The standard InChI is InChI=1S/C10H16F4O/c1-2-3-4-5-6-9(11,8-15)7-10(12,13)14/h8H,2-7H2,1H3. The van der Waals surface area contributed by atoms with E-state index in [1.54, 1.807) is 0 Å². The summed E-state index contributed by atoms with van der Waals surface area (Å²) in [5, 5.41) is 0. The molecule has 0 N–H and O–H groups in total. The topological polar surface area (TPSA) is 17.1 Å². The van der Waals surface area contributed by atoms with Crippen LogP contribution in [0.2, 0.25) is 0 Å². The number of rotatable bonds is 7. The molecule has 90 valence electrons. The molecule has 0 aliphatic carbocycles. The van der Waals surface area contributed by atoms with Crippen molar-refractivity contribution in [3.8, 4) is 0 Å². The average molecular weight is 228 g/mol. The number of carbonyl (C=O) groups excluding carboxylic acids is 1. The minimum absolute atomic E-state index is 0.216. The highest BCUT2D eigenvalue weighted by Crippen LogP contribution is 2.32. The van der Waals surface area contributed by atoms with E-state index in [1.807, 2.05) is 6.92 Å². The van der Waals surface area contributed by atoms with Gasteiger partial charge in [0, 0.05) is 0 Å². The highest BCUT2D eigenvalue weighted by atomic mass is 19.4. The third-order valence-corrected chi connectivity index (χ3v) is 2.15. The summed E-state index contributed by atoms with van der Waals surface area (Å²) in [5.74, 6) is 0. The Labute approximate surface area is 86.8 Å². The van der Waals surface area contributed by atoms with Gasteiger partial charge in [-0.1, -0.05) is 26.2 Å². The number of unbranched alkanes of at least 4 members (excludes halogenated alkanes) is 3. The van der Waals surface area contributed by atoms with E-state index in [9.17, 15) is 22.4 Å². The lowest BCUT2D eigenvalue weighted by atomic mass is 9.95. The van der Waals surface area contributed by atoms with Crippen molar-refractivity contribution in [2.24, 2.45) is 0 Å². The SMILES string of the molecule is CCCCCCC(F)(C=O)CC(F)(F)F. The number of carbonyl (C=O) groups is 1. The van der Waals surface area contributed by atoms with E-state index in [0.29, 0.717) is 12.8 Å². The molecule has 0 bridgehead atoms. The summed E-state index contributed by atoms with van der Waals surface area (Å²) in [6, 6.07) is 0. The molecule has 0 spiro atoms. The van der Waals surface area contributed by atoms with Crippen molar-refractivity contribution < 1.29 is 22.4 Å². The normalized spacial score (nSPS) is 16.1. The Morgan fingerprint density at radius 2 is 1.67 bits per heavy atom. The molecule has 0 aromatic heterocycles. The monoisotopic (exact) mass is 228 g/mol. The number of alkyl halides is 4. The lowest BCUT2D eigenvalue weighted by Gasteiger charge is -2.20. The summed E-state index contributed by atoms with van der Waals surface area (Å²) < 4.78 is 49.1. The van der Waals surface area contributed by atoms with Gasteiger partial charge in [0.25, 0.3) is 0 Å². The first-order valence-corrected chi connectivity index (χ1v) is 5.05. The number of halogens is 4. The van der Waals surface area contributed by atoms with Gasteiger partial charge in [-0.15, -0.1) is 0 Å². The van der Waals surface area contributed by atoms with Gasteiger partial charge < -0.3 is 0 Å². The molecule has 5 heteroatoms. The quantitative estimate of drug-likeness (QED) is 0.368. The van der Waals surface area contributed by atoms with Crippen LogP contribution < -0.4 is 0 Å². The van der Waals surface area contributed by atoms with Crippen molar-refractivity contribution in [3.05, 3.63) is 0 Å². The summed E-state index contributed by atoms with van der Waals surface area (Å²) in [6.45, 7) is 1.94. The first kappa shape index (κ1) is 14.4. The maximum absolute atomic E-state index is 13.4. The molecular weight excluding hydrogens is 212 g/mol. The van der Waals surface area contributed by atoms with Crippen molar-refractivity contribution in [3.63, 3.8) is 0 Å². The van der Waals surface area contributed by atoms with Gasteiger partial charge in [-0.3, -0.25) is 4.79 Å². The Morgan fingerprint density at radius 3 is 2.07 bits per heavy atom. The second-order valence-electron chi connectivity index (χ2n) is 3.76. The number of hydrogen-bond donors (Lipinski definition) is 0. The zero-order valence-corrected chi connectivity index (χ0v) is 8.74. The van der Waals surface area contributed by atoms with E-state index < -0.39 is 18.3 Å². The minimum Gasteiger partial charge on any atom is -0.300 e. The second kappa shape index (κ2) is 6.08. The van der Waals surface area contributed by atoms with Crippen LogP contribution >= 0.6 is 0 Å². The van der Waals surface area contributed by atoms with Gasteiger partial charge in [-0.2, -0.15) is 13.2 Å². The molecule has 0 saturated carbocycles. The largest absolute Gasteiger partial charge is 0.392 e. The maximum atomic E-state index is 13.4. The van der Waals surface area contributed by atoms with E-state index in [0.717, 1.165) is 12.8 Å². The first-order valence-electron chi connectivity index (χ1n) is 5.05. The van der Waals surface area contributed by atoms with Crippen molar-refractivity contribution in [1.82, 2.24) is 0 Å². The van der Waals surface area contributed by atoms with Gasteiger partial charge in [-0.05, 0) is 12.8 Å². The second-order valence-corrected chi connectivity index (χ2v) is 3.76. The maximum Gasteiger partial charge on any atom is 0.392 e. The Hall–Kier alpha value is -0.610. The first-order chi connectivity index (χ1) is 6.83. The predicted molar refractivity (Wildman–Crippen MR) is 49.3 cm³/mol. The van der Waals surface area contributed by atoms with Crippen LogP contribution in [0.4, 0.5) is 17.6 Å². The average Bonchev–Trinajstić information content (AvgIpc) is 2.10. The molecule has 0 aliphatic rings. The third kappa shape index (κ3) is 7.33. The number of aldehydes is 1. The van der Waals surface area contributed by atoms with Crippen molar-refractivity contribution in [2.45, 2.75) is 57.3 Å². The van der Waals surface area contributed by atoms with Crippen LogP contribution in [-0.2, 0) is 4.79 Å². The fourth-order valence-corrected chi connectivity index (χ4v) is 1.37. The van der Waals surface area contributed by atoms with Crippen LogP contribution in [0.15, 0.2) is 0 Å². The highest BCUT2D eigenvalue weighted by molar-refractivity contribution is 5.62. The molecule has 0 amide bonds. The number of hydrogen-bond acceptors (Lipinski definition) is 1. The molecule has 0 fully saturated rings. The molecule has 0 saturated heterocycles. The summed E-state index contributed by atoms with van der Waals surface area (Å²) in [7, 11) is 0. The van der Waals surface area contributed by atoms with Gasteiger partial charge in [0.1, 0.15) is 0 Å². The van der Waals surface area contributed by atoms with Gasteiger partial charge >= 0.3 is 6.18 Å². The summed E-state index contributed by atoms with van der Waals surface area (Å²) in [6.07, 6.45) is -4.11. The van der Waals surface area contributed by atoms with Gasteiger partial charge in [-0.25, -0.2) is 4.39 Å². The molecule has 0 heterocycles. The van der Waals surface area contributed by atoms with E-state index >= 15 is 0 Å². The fourth-order valence-electron chi connectivity index (χ4n) is 1.37. The summed E-state index contributed by atoms with van der Waals surface area (Å²) >= 11 is 0. The van der Waals surface area contributed by atoms with Gasteiger partial charge in [0.05, 0.1) is 6.42 Å². The Morgan fingerprint density at radius 1 is 1.07 bits per heavy atom. The summed E-state index contributed by atoms with van der Waals surface area (Å²) in [4.78, 5) is 10.3. The van der Waals surface area contributed by atoms with Crippen LogP contribution in [0.5, 0.6) is 0 Å². The minimum atomic E-state index is -4.62. The molecule has 15 heavy (non-hydrogen) atoms. The zero-order valence-electron chi connectivity index (χ0n) is 8.74. The van der Waals surface area contributed by atoms with Crippen molar-refractivity contribution >= 4 is 6.29 Å². The molecule has 1 unspecified atom stereocenters. The Balaban J connectivity index is 4.02. The van der Waals surface area contributed by atoms with Crippen molar-refractivity contribution in [2.75, 3.05) is 0 Å². The molecule has 0 rings (SSSR count). The smallest absolute Gasteiger partial charge is 0.300 e. The lowest BCUT2D eigenvalue weighted by Crippen LogP contribution is -2.31. The Kier molecular flexibility index (Phi) is 5.83. The lowest BCUT2D eigenvalue weighted by molar-refractivity contribution is -0.166. The van der Waals surface area contributed by atoms with Crippen molar-refractivity contribution in [1.29, 1.82) is 0 Å². The molecule has 0 radical (unpaired) electrons. The highest BCUT2D eigenvalue weighted by Gasteiger charge is 2.42. The fraction of sp³-hybridized carbons (Fsp3) is 0.900. The molecule has 1 atom stereocenters. The van der Waals surface area contributed by atoms with Crippen LogP contribution in [0.1, 0.15) is 45.4 Å². The van der Waals surface area contributed by atoms with Crippen LogP contribution in [0.25, 0.3) is 0 Å². The van der Waals surface area contributed by atoms with Crippen LogP contribution in [0.3, 0.4) is 0 Å². The molecule has 0 aromatic rings. The molecule has 0 aliphatic heterocycles. The molecular formula is C10H16F4O. The predicted octanol–water partition coefficient (Wildman–Crippen LogP) is 3.82. The van der Waals surface area contributed by atoms with E-state index in [1.165, 1.54) is 0 Å². The zero-order chi connectivity index (χ0) is 11.9. The van der Waals surface area contributed by atoms with Crippen LogP contribution in [-0.4, -0.2) is 18.1 Å². The third-order valence-electron chi connectivity index (χ3n) is 2.15. The van der Waals surface area contributed by atoms with E-state index in [-0.39, 0.29) is 12.7 Å². The molecule has 0 aromatic carbocycles. The van der Waals surface area contributed by atoms with E-state index in [4.69, 9.17) is 0 Å². The summed E-state index contributed by atoms with van der Waals surface area (Å²) in [5.41, 5.74) is -2.73.